The van der Waals surface area contributed by atoms with Crippen LogP contribution in [-0.2, 0) is 11.4 Å². The number of amides is 1. The molecule has 1 aliphatic rings. The molecule has 4 rings (SSSR count). The van der Waals surface area contributed by atoms with Gasteiger partial charge in [-0.1, -0.05) is 29.8 Å². The number of benzene rings is 3. The van der Waals surface area contributed by atoms with Crippen molar-refractivity contribution in [2.24, 2.45) is 4.99 Å². The standard InChI is InChI=1S/C26H23ClN2O4S/c1-3-32-21-11-9-20(10-12-21)28-26-29-25(30)24(34-26)15-18-6-13-22(23(14-18)31-2)33-16-17-4-7-19(27)8-5-17/h4-15H,3,16H2,1-2H3,(H,28,29,30)/b24-15+. The molecule has 0 radical (unpaired) electrons. The Hall–Kier alpha value is -3.42. The van der Waals surface area contributed by atoms with Gasteiger partial charge < -0.3 is 19.5 Å². The van der Waals surface area contributed by atoms with E-state index in [1.807, 2.05) is 73.7 Å². The minimum absolute atomic E-state index is 0.197. The summed E-state index contributed by atoms with van der Waals surface area (Å²) in [6, 6.07) is 20.4. The third-order valence-corrected chi connectivity index (χ3v) is 5.98. The van der Waals surface area contributed by atoms with E-state index in [1.54, 1.807) is 13.2 Å². The van der Waals surface area contributed by atoms with E-state index < -0.39 is 0 Å². The molecule has 0 unspecified atom stereocenters. The molecule has 1 fully saturated rings. The third kappa shape index (κ3) is 6.12. The van der Waals surface area contributed by atoms with Crippen LogP contribution in [-0.4, -0.2) is 24.8 Å². The molecule has 0 spiro atoms. The largest absolute Gasteiger partial charge is 0.494 e. The predicted molar refractivity (Wildman–Crippen MR) is 137 cm³/mol. The van der Waals surface area contributed by atoms with Crippen LogP contribution in [0.4, 0.5) is 5.69 Å². The topological polar surface area (TPSA) is 69.2 Å². The molecule has 3 aromatic rings. The van der Waals surface area contributed by atoms with E-state index in [9.17, 15) is 4.79 Å². The Morgan fingerprint density at radius 1 is 1.00 bits per heavy atom. The van der Waals surface area contributed by atoms with Crippen molar-refractivity contribution in [2.75, 3.05) is 13.7 Å². The highest BCUT2D eigenvalue weighted by molar-refractivity contribution is 8.18. The van der Waals surface area contributed by atoms with Gasteiger partial charge in [0.1, 0.15) is 12.4 Å². The lowest BCUT2D eigenvalue weighted by Gasteiger charge is -2.11. The van der Waals surface area contributed by atoms with Crippen molar-refractivity contribution < 1.29 is 19.0 Å². The number of halogens is 1. The fourth-order valence-corrected chi connectivity index (χ4v) is 4.14. The monoisotopic (exact) mass is 494 g/mol. The van der Waals surface area contributed by atoms with Gasteiger partial charge in [0.25, 0.3) is 5.91 Å². The Kier molecular flexibility index (Phi) is 7.77. The molecule has 1 aliphatic heterocycles. The zero-order valence-electron chi connectivity index (χ0n) is 18.7. The summed E-state index contributed by atoms with van der Waals surface area (Å²) in [5.74, 6) is 1.78. The Labute approximate surface area is 207 Å². The maximum absolute atomic E-state index is 12.5. The van der Waals surface area contributed by atoms with Crippen LogP contribution in [0, 0.1) is 0 Å². The van der Waals surface area contributed by atoms with E-state index in [4.69, 9.17) is 25.8 Å². The number of amidine groups is 1. The molecule has 0 atom stereocenters. The van der Waals surface area contributed by atoms with Gasteiger partial charge in [0.15, 0.2) is 16.7 Å². The van der Waals surface area contributed by atoms with Crippen LogP contribution in [0.15, 0.2) is 76.6 Å². The number of rotatable bonds is 8. The average Bonchev–Trinajstić information content (AvgIpc) is 3.18. The average molecular weight is 495 g/mol. The molecule has 0 bridgehead atoms. The van der Waals surface area contributed by atoms with Crippen LogP contribution in [0.2, 0.25) is 5.02 Å². The van der Waals surface area contributed by atoms with Gasteiger partial charge in [-0.15, -0.1) is 0 Å². The molecule has 0 aliphatic carbocycles. The Balaban J connectivity index is 1.45. The van der Waals surface area contributed by atoms with Gasteiger partial charge in [-0.25, -0.2) is 4.99 Å². The van der Waals surface area contributed by atoms with E-state index in [1.165, 1.54) is 11.8 Å². The van der Waals surface area contributed by atoms with E-state index in [0.717, 1.165) is 22.6 Å². The van der Waals surface area contributed by atoms with Gasteiger partial charge in [0.2, 0.25) is 0 Å². The summed E-state index contributed by atoms with van der Waals surface area (Å²) in [4.78, 5) is 17.5. The highest BCUT2D eigenvalue weighted by atomic mass is 35.5. The lowest BCUT2D eigenvalue weighted by atomic mass is 10.2. The lowest BCUT2D eigenvalue weighted by molar-refractivity contribution is -0.115. The van der Waals surface area contributed by atoms with Crippen molar-refractivity contribution >= 4 is 46.2 Å². The molecule has 6 nitrogen and oxygen atoms in total. The van der Waals surface area contributed by atoms with Crippen LogP contribution in [0.25, 0.3) is 6.08 Å². The van der Waals surface area contributed by atoms with Gasteiger partial charge in [-0.2, -0.15) is 0 Å². The first-order valence-electron chi connectivity index (χ1n) is 10.6. The summed E-state index contributed by atoms with van der Waals surface area (Å²) < 4.78 is 16.8. The van der Waals surface area contributed by atoms with Crippen LogP contribution in [0.3, 0.4) is 0 Å². The number of aliphatic imine (C=N–C) groups is 1. The number of nitrogens with zero attached hydrogens (tertiary/aromatic N) is 1. The summed E-state index contributed by atoms with van der Waals surface area (Å²) >= 11 is 7.22. The first kappa shape index (κ1) is 23.7. The van der Waals surface area contributed by atoms with E-state index in [2.05, 4.69) is 10.3 Å². The number of hydrogen-bond acceptors (Lipinski definition) is 6. The maximum atomic E-state index is 12.5. The van der Waals surface area contributed by atoms with Crippen LogP contribution < -0.4 is 19.5 Å². The van der Waals surface area contributed by atoms with Crippen molar-refractivity contribution in [1.82, 2.24) is 5.32 Å². The SMILES string of the molecule is CCOc1ccc(N=C2NC(=O)/C(=C\c3ccc(OCc4ccc(Cl)cc4)c(OC)c3)S2)cc1. The summed E-state index contributed by atoms with van der Waals surface area (Å²) in [5.41, 5.74) is 2.54. The molecule has 1 amide bonds. The second kappa shape index (κ2) is 11.1. The molecule has 0 aromatic heterocycles. The number of ether oxygens (including phenoxy) is 3. The highest BCUT2D eigenvalue weighted by Gasteiger charge is 2.24. The summed E-state index contributed by atoms with van der Waals surface area (Å²) in [6.45, 7) is 2.93. The van der Waals surface area contributed by atoms with Crippen LogP contribution >= 0.6 is 23.4 Å². The van der Waals surface area contributed by atoms with Crippen molar-refractivity contribution in [2.45, 2.75) is 13.5 Å². The van der Waals surface area contributed by atoms with Crippen molar-refractivity contribution in [3.63, 3.8) is 0 Å². The smallest absolute Gasteiger partial charge is 0.264 e. The number of methoxy groups -OCH3 is 1. The number of nitrogens with one attached hydrogen (secondary N) is 1. The van der Waals surface area contributed by atoms with Gasteiger partial charge in [-0.3, -0.25) is 4.79 Å². The first-order valence-corrected chi connectivity index (χ1v) is 11.8. The molecule has 1 heterocycles. The molecule has 34 heavy (non-hydrogen) atoms. The number of carbonyl (C=O) groups excluding carboxylic acids is 1. The lowest BCUT2D eigenvalue weighted by Crippen LogP contribution is -2.19. The molecule has 8 heteroatoms. The van der Waals surface area contributed by atoms with E-state index in [0.29, 0.717) is 39.8 Å². The minimum atomic E-state index is -0.197. The zero-order chi connectivity index (χ0) is 23.9. The number of carbonyl (C=O) groups is 1. The van der Waals surface area contributed by atoms with Gasteiger partial charge in [0, 0.05) is 5.02 Å². The van der Waals surface area contributed by atoms with Gasteiger partial charge in [0.05, 0.1) is 24.3 Å². The fourth-order valence-electron chi connectivity index (χ4n) is 3.17. The molecule has 3 aromatic carbocycles. The first-order chi connectivity index (χ1) is 16.5. The maximum Gasteiger partial charge on any atom is 0.264 e. The third-order valence-electron chi connectivity index (χ3n) is 4.82. The van der Waals surface area contributed by atoms with Crippen LogP contribution in [0.5, 0.6) is 17.2 Å². The van der Waals surface area contributed by atoms with Crippen molar-refractivity contribution in [3.8, 4) is 17.2 Å². The molecule has 0 saturated carbocycles. The van der Waals surface area contributed by atoms with Crippen LogP contribution in [0.1, 0.15) is 18.1 Å². The zero-order valence-corrected chi connectivity index (χ0v) is 20.3. The fraction of sp³-hybridized carbons (Fsp3) is 0.154. The van der Waals surface area contributed by atoms with Crippen molar-refractivity contribution in [3.05, 3.63) is 87.8 Å². The van der Waals surface area contributed by atoms with Gasteiger partial charge >= 0.3 is 0 Å². The molecule has 1 saturated heterocycles. The molecule has 1 N–H and O–H groups in total. The quantitative estimate of drug-likeness (QED) is 0.376. The normalized spacial score (nSPS) is 15.4. The Bertz CT molecular complexity index is 1220. The Morgan fingerprint density at radius 2 is 1.76 bits per heavy atom. The van der Waals surface area contributed by atoms with Gasteiger partial charge in [-0.05, 0) is 84.4 Å². The van der Waals surface area contributed by atoms with E-state index in [-0.39, 0.29) is 5.91 Å². The number of hydrogen-bond donors (Lipinski definition) is 1. The second-order valence-electron chi connectivity index (χ2n) is 7.23. The Morgan fingerprint density at radius 3 is 2.47 bits per heavy atom. The summed E-state index contributed by atoms with van der Waals surface area (Å²) in [7, 11) is 1.58. The number of thioether (sulfide) groups is 1. The summed E-state index contributed by atoms with van der Waals surface area (Å²) in [5, 5.41) is 4.01. The highest BCUT2D eigenvalue weighted by Crippen LogP contribution is 2.33. The van der Waals surface area contributed by atoms with E-state index >= 15 is 0 Å². The minimum Gasteiger partial charge on any atom is -0.494 e. The molecular formula is C26H23ClN2O4S. The van der Waals surface area contributed by atoms with Crippen molar-refractivity contribution in [1.29, 1.82) is 0 Å². The second-order valence-corrected chi connectivity index (χ2v) is 8.70. The predicted octanol–water partition coefficient (Wildman–Crippen LogP) is 6.22. The molecular weight excluding hydrogens is 472 g/mol. The molecule has 174 valence electrons. The summed E-state index contributed by atoms with van der Waals surface area (Å²) in [6.07, 6.45) is 1.80.